The smallest absolute Gasteiger partial charge is 0.157 e. The molecule has 0 radical (unpaired) electrons. The lowest BCUT2D eigenvalue weighted by Crippen LogP contribution is -2.22. The van der Waals surface area contributed by atoms with Gasteiger partial charge in [0.2, 0.25) is 0 Å². The van der Waals surface area contributed by atoms with Crippen molar-refractivity contribution in [2.24, 2.45) is 11.7 Å². The molecule has 2 aromatic rings. The molecule has 112 valence electrons. The van der Waals surface area contributed by atoms with Crippen LogP contribution in [0.4, 0.5) is 10.2 Å². The Labute approximate surface area is 122 Å². The van der Waals surface area contributed by atoms with E-state index < -0.39 is 6.17 Å². The van der Waals surface area contributed by atoms with E-state index in [2.05, 4.69) is 15.4 Å². The van der Waals surface area contributed by atoms with Gasteiger partial charge < -0.3 is 11.1 Å². The predicted molar refractivity (Wildman–Crippen MR) is 78.8 cm³/mol. The fourth-order valence-electron chi connectivity index (χ4n) is 3.16. The van der Waals surface area contributed by atoms with Crippen molar-refractivity contribution in [1.82, 2.24) is 14.6 Å². The Kier molecular flexibility index (Phi) is 3.06. The third-order valence-electron chi connectivity index (χ3n) is 4.52. The minimum Gasteiger partial charge on any atom is -0.367 e. The average molecular weight is 289 g/mol. The second-order valence-corrected chi connectivity index (χ2v) is 6.32. The van der Waals surface area contributed by atoms with Gasteiger partial charge in [-0.05, 0) is 38.0 Å². The molecule has 2 aliphatic rings. The molecule has 0 bridgehead atoms. The molecule has 6 heteroatoms. The first-order chi connectivity index (χ1) is 10.2. The van der Waals surface area contributed by atoms with E-state index in [0.717, 1.165) is 37.9 Å². The van der Waals surface area contributed by atoms with Gasteiger partial charge in [-0.3, -0.25) is 0 Å². The quantitative estimate of drug-likeness (QED) is 0.907. The van der Waals surface area contributed by atoms with Crippen LogP contribution in [0.1, 0.15) is 44.0 Å². The van der Waals surface area contributed by atoms with Crippen LogP contribution in [0.25, 0.3) is 5.65 Å². The van der Waals surface area contributed by atoms with E-state index in [4.69, 9.17) is 5.73 Å². The molecule has 3 atom stereocenters. The molecule has 2 fully saturated rings. The fourth-order valence-corrected chi connectivity index (χ4v) is 3.16. The number of aromatic nitrogens is 3. The average Bonchev–Trinajstić information content (AvgIpc) is 3.07. The molecule has 0 aliphatic heterocycles. The summed E-state index contributed by atoms with van der Waals surface area (Å²) in [6, 6.07) is 4.22. The summed E-state index contributed by atoms with van der Waals surface area (Å²) >= 11 is 0. The van der Waals surface area contributed by atoms with Crippen LogP contribution in [0.3, 0.4) is 0 Å². The summed E-state index contributed by atoms with van der Waals surface area (Å²) in [5, 5.41) is 7.75. The molecule has 2 saturated carbocycles. The number of nitrogens with one attached hydrogen (secondary N) is 1. The molecule has 2 heterocycles. The molecule has 2 aromatic heterocycles. The Morgan fingerprint density at radius 3 is 2.90 bits per heavy atom. The molecule has 1 unspecified atom stereocenters. The van der Waals surface area contributed by atoms with Gasteiger partial charge in [0.25, 0.3) is 0 Å². The zero-order valence-corrected chi connectivity index (χ0v) is 11.9. The SMILES string of the molecule is N[C@H]1CC[C@H](Nc2cc(C(F)C3CC3)nc3ccnn23)C1. The Balaban J connectivity index is 1.66. The van der Waals surface area contributed by atoms with Gasteiger partial charge in [-0.1, -0.05) is 0 Å². The van der Waals surface area contributed by atoms with Gasteiger partial charge in [-0.15, -0.1) is 0 Å². The number of alkyl halides is 1. The Bertz CT molecular complexity index is 651. The van der Waals surface area contributed by atoms with Gasteiger partial charge in [-0.2, -0.15) is 9.61 Å². The molecular formula is C15H20FN5. The van der Waals surface area contributed by atoms with Crippen molar-refractivity contribution >= 4 is 11.5 Å². The van der Waals surface area contributed by atoms with Crippen molar-refractivity contribution < 1.29 is 4.39 Å². The number of nitrogens with zero attached hydrogens (tertiary/aromatic N) is 3. The summed E-state index contributed by atoms with van der Waals surface area (Å²) in [7, 11) is 0. The summed E-state index contributed by atoms with van der Waals surface area (Å²) < 4.78 is 16.1. The Hall–Kier alpha value is -1.69. The van der Waals surface area contributed by atoms with Crippen LogP contribution in [-0.2, 0) is 0 Å². The third-order valence-corrected chi connectivity index (χ3v) is 4.52. The third kappa shape index (κ3) is 2.48. The molecule has 5 nitrogen and oxygen atoms in total. The first-order valence-corrected chi connectivity index (χ1v) is 7.71. The molecule has 4 rings (SSSR count). The maximum atomic E-state index is 14.4. The topological polar surface area (TPSA) is 68.2 Å². The molecule has 0 saturated heterocycles. The summed E-state index contributed by atoms with van der Waals surface area (Å²) in [4.78, 5) is 4.41. The highest BCUT2D eigenvalue weighted by Gasteiger charge is 2.34. The van der Waals surface area contributed by atoms with Gasteiger partial charge in [0.15, 0.2) is 5.65 Å². The number of anilines is 1. The van der Waals surface area contributed by atoms with Crippen molar-refractivity contribution in [3.63, 3.8) is 0 Å². The molecule has 21 heavy (non-hydrogen) atoms. The van der Waals surface area contributed by atoms with Crippen LogP contribution >= 0.6 is 0 Å². The first kappa shape index (κ1) is 13.0. The normalized spacial score (nSPS) is 27.1. The van der Waals surface area contributed by atoms with E-state index in [1.54, 1.807) is 10.7 Å². The molecular weight excluding hydrogens is 269 g/mol. The summed E-state index contributed by atoms with van der Waals surface area (Å²) in [5.41, 5.74) is 7.18. The van der Waals surface area contributed by atoms with Crippen LogP contribution in [0.2, 0.25) is 0 Å². The van der Waals surface area contributed by atoms with Crippen LogP contribution in [0, 0.1) is 5.92 Å². The van der Waals surface area contributed by atoms with Crippen molar-refractivity contribution in [2.45, 2.75) is 50.4 Å². The molecule has 0 amide bonds. The Morgan fingerprint density at radius 2 is 2.19 bits per heavy atom. The number of hydrogen-bond donors (Lipinski definition) is 2. The zero-order chi connectivity index (χ0) is 14.4. The van der Waals surface area contributed by atoms with Crippen LogP contribution in [0.5, 0.6) is 0 Å². The first-order valence-electron chi connectivity index (χ1n) is 7.71. The molecule has 2 aliphatic carbocycles. The zero-order valence-electron chi connectivity index (χ0n) is 11.9. The maximum Gasteiger partial charge on any atom is 0.157 e. The highest BCUT2D eigenvalue weighted by molar-refractivity contribution is 5.50. The van der Waals surface area contributed by atoms with Crippen molar-refractivity contribution in [2.75, 3.05) is 5.32 Å². The number of hydrogen-bond acceptors (Lipinski definition) is 4. The van der Waals surface area contributed by atoms with E-state index >= 15 is 0 Å². The van der Waals surface area contributed by atoms with Crippen molar-refractivity contribution in [3.8, 4) is 0 Å². The lowest BCUT2D eigenvalue weighted by Gasteiger charge is -2.16. The highest BCUT2D eigenvalue weighted by atomic mass is 19.1. The number of nitrogens with two attached hydrogens (primary N) is 1. The molecule has 0 spiro atoms. The maximum absolute atomic E-state index is 14.4. The highest BCUT2D eigenvalue weighted by Crippen LogP contribution is 2.43. The van der Waals surface area contributed by atoms with Crippen LogP contribution < -0.4 is 11.1 Å². The molecule has 0 aromatic carbocycles. The summed E-state index contributed by atoms with van der Waals surface area (Å²) in [5.74, 6) is 0.970. The van der Waals surface area contributed by atoms with Gasteiger partial charge in [0.05, 0.1) is 11.9 Å². The lowest BCUT2D eigenvalue weighted by atomic mass is 10.1. The predicted octanol–water partition coefficient (Wildman–Crippen LogP) is 2.44. The van der Waals surface area contributed by atoms with E-state index in [9.17, 15) is 4.39 Å². The minimum absolute atomic E-state index is 0.149. The van der Waals surface area contributed by atoms with E-state index in [0.29, 0.717) is 17.4 Å². The number of halogens is 1. The second-order valence-electron chi connectivity index (χ2n) is 6.32. The van der Waals surface area contributed by atoms with Crippen molar-refractivity contribution in [3.05, 3.63) is 24.0 Å². The van der Waals surface area contributed by atoms with Gasteiger partial charge in [0, 0.05) is 24.2 Å². The largest absolute Gasteiger partial charge is 0.367 e. The van der Waals surface area contributed by atoms with Gasteiger partial charge in [-0.25, -0.2) is 9.37 Å². The van der Waals surface area contributed by atoms with Gasteiger partial charge >= 0.3 is 0 Å². The Morgan fingerprint density at radius 1 is 1.33 bits per heavy atom. The summed E-state index contributed by atoms with van der Waals surface area (Å²) in [6.07, 6.45) is 5.69. The number of fused-ring (bicyclic) bond motifs is 1. The van der Waals surface area contributed by atoms with Gasteiger partial charge in [0.1, 0.15) is 12.0 Å². The minimum atomic E-state index is -0.962. The fraction of sp³-hybridized carbons (Fsp3) is 0.600. The van der Waals surface area contributed by atoms with E-state index in [1.165, 1.54) is 0 Å². The number of rotatable bonds is 4. The second kappa shape index (κ2) is 4.94. The van der Waals surface area contributed by atoms with Crippen molar-refractivity contribution in [1.29, 1.82) is 0 Å². The summed E-state index contributed by atoms with van der Waals surface area (Å²) in [6.45, 7) is 0. The molecule has 3 N–H and O–H groups in total. The lowest BCUT2D eigenvalue weighted by molar-refractivity contribution is 0.298. The van der Waals surface area contributed by atoms with E-state index in [-0.39, 0.29) is 12.0 Å². The monoisotopic (exact) mass is 289 g/mol. The van der Waals surface area contributed by atoms with Crippen LogP contribution in [0.15, 0.2) is 18.3 Å². The van der Waals surface area contributed by atoms with E-state index in [1.807, 2.05) is 12.1 Å². The standard InChI is InChI=1S/C15H20FN5/c16-15(9-1-2-9)12-8-14(19-11-4-3-10(17)7-11)21-13(20-12)5-6-18-21/h5-6,8-11,15,19H,1-4,7,17H2/t10-,11-,15?/m0/s1. The van der Waals surface area contributed by atoms with Crippen LogP contribution in [-0.4, -0.2) is 26.7 Å².